The third-order valence-corrected chi connectivity index (χ3v) is 2.81. The van der Waals surface area contributed by atoms with Crippen LogP contribution in [0.1, 0.15) is 30.1 Å². The molecule has 4 nitrogen and oxygen atoms in total. The number of amides is 1. The molecule has 0 atom stereocenters. The van der Waals surface area contributed by atoms with Crippen molar-refractivity contribution in [2.24, 2.45) is 0 Å². The number of phenols is 2. The van der Waals surface area contributed by atoms with Crippen molar-refractivity contribution in [1.82, 2.24) is 4.90 Å². The van der Waals surface area contributed by atoms with Crippen molar-refractivity contribution in [3.8, 4) is 11.5 Å². The second-order valence-corrected chi connectivity index (χ2v) is 4.42. The molecule has 5 heteroatoms. The summed E-state index contributed by atoms with van der Waals surface area (Å²) in [6.07, 6.45) is 1.90. The maximum absolute atomic E-state index is 12.2. The number of aromatic hydroxyl groups is 2. The summed E-state index contributed by atoms with van der Waals surface area (Å²) in [6.45, 7) is 3.17. The third-order valence-electron chi connectivity index (χ3n) is 2.65. The van der Waals surface area contributed by atoms with Crippen LogP contribution in [0, 0.1) is 0 Å². The van der Waals surface area contributed by atoms with Crippen LogP contribution in [0.25, 0.3) is 0 Å². The minimum atomic E-state index is -0.290. The van der Waals surface area contributed by atoms with Gasteiger partial charge >= 0.3 is 0 Å². The topological polar surface area (TPSA) is 60.8 Å². The standard InChI is InChI=1S/C13H18ClNO3/c1-2-3-7-15(8-6-14)13(18)10-4-5-11(16)12(17)9-10/h4-5,9,16-17H,2-3,6-8H2,1H3. The van der Waals surface area contributed by atoms with Crippen LogP contribution in [0.2, 0.25) is 0 Å². The highest BCUT2D eigenvalue weighted by Gasteiger charge is 2.16. The average Bonchev–Trinajstić information content (AvgIpc) is 2.37. The monoisotopic (exact) mass is 271 g/mol. The minimum absolute atomic E-state index is 0.181. The van der Waals surface area contributed by atoms with Crippen molar-refractivity contribution in [2.45, 2.75) is 19.8 Å². The van der Waals surface area contributed by atoms with Gasteiger partial charge in [-0.1, -0.05) is 13.3 Å². The molecule has 0 aliphatic carbocycles. The number of alkyl halides is 1. The van der Waals surface area contributed by atoms with E-state index in [2.05, 4.69) is 6.92 Å². The van der Waals surface area contributed by atoms with Crippen molar-refractivity contribution in [3.05, 3.63) is 23.8 Å². The van der Waals surface area contributed by atoms with E-state index in [4.69, 9.17) is 11.6 Å². The van der Waals surface area contributed by atoms with Crippen LogP contribution < -0.4 is 0 Å². The highest BCUT2D eigenvalue weighted by Crippen LogP contribution is 2.25. The molecule has 0 aliphatic heterocycles. The Morgan fingerprint density at radius 3 is 2.56 bits per heavy atom. The normalized spacial score (nSPS) is 10.3. The molecule has 18 heavy (non-hydrogen) atoms. The SMILES string of the molecule is CCCCN(CCCl)C(=O)c1ccc(O)c(O)c1. The van der Waals surface area contributed by atoms with Gasteiger partial charge in [0.1, 0.15) is 0 Å². The Kier molecular flexibility index (Phi) is 5.78. The zero-order valence-corrected chi connectivity index (χ0v) is 11.2. The molecule has 100 valence electrons. The maximum Gasteiger partial charge on any atom is 0.254 e. The molecule has 0 saturated carbocycles. The molecule has 1 amide bonds. The number of nitrogens with zero attached hydrogens (tertiary/aromatic N) is 1. The molecular weight excluding hydrogens is 254 g/mol. The molecule has 1 aromatic rings. The van der Waals surface area contributed by atoms with E-state index in [-0.39, 0.29) is 17.4 Å². The molecule has 0 unspecified atom stereocenters. The molecule has 0 aromatic heterocycles. The van der Waals surface area contributed by atoms with Gasteiger partial charge < -0.3 is 15.1 Å². The largest absolute Gasteiger partial charge is 0.504 e. The zero-order chi connectivity index (χ0) is 13.5. The Bertz CT molecular complexity index is 409. The first-order chi connectivity index (χ1) is 8.60. The molecule has 0 aliphatic rings. The lowest BCUT2D eigenvalue weighted by atomic mass is 10.1. The summed E-state index contributed by atoms with van der Waals surface area (Å²) < 4.78 is 0. The van der Waals surface area contributed by atoms with E-state index in [1.165, 1.54) is 18.2 Å². The summed E-state index contributed by atoms with van der Waals surface area (Å²) in [7, 11) is 0. The quantitative estimate of drug-likeness (QED) is 0.617. The van der Waals surface area contributed by atoms with E-state index in [1.54, 1.807) is 4.90 Å². The van der Waals surface area contributed by atoms with E-state index < -0.39 is 0 Å². The smallest absolute Gasteiger partial charge is 0.254 e. The molecule has 2 N–H and O–H groups in total. The number of hydrogen-bond acceptors (Lipinski definition) is 3. The van der Waals surface area contributed by atoms with Crippen molar-refractivity contribution in [2.75, 3.05) is 19.0 Å². The van der Waals surface area contributed by atoms with Gasteiger partial charge in [-0.05, 0) is 24.6 Å². The van der Waals surface area contributed by atoms with Crippen LogP contribution in [0.4, 0.5) is 0 Å². The maximum atomic E-state index is 12.2. The Morgan fingerprint density at radius 2 is 2.00 bits per heavy atom. The fourth-order valence-electron chi connectivity index (χ4n) is 1.60. The van der Waals surface area contributed by atoms with Gasteiger partial charge in [0, 0.05) is 24.5 Å². The van der Waals surface area contributed by atoms with Crippen LogP contribution >= 0.6 is 11.6 Å². The van der Waals surface area contributed by atoms with Crippen LogP contribution in [0.5, 0.6) is 11.5 Å². The van der Waals surface area contributed by atoms with Gasteiger partial charge in [-0.15, -0.1) is 11.6 Å². The van der Waals surface area contributed by atoms with Crippen LogP contribution in [0.15, 0.2) is 18.2 Å². The Hall–Kier alpha value is -1.42. The second kappa shape index (κ2) is 7.11. The van der Waals surface area contributed by atoms with E-state index in [0.717, 1.165) is 12.8 Å². The minimum Gasteiger partial charge on any atom is -0.504 e. The molecule has 0 radical (unpaired) electrons. The predicted octanol–water partition coefficient (Wildman–Crippen LogP) is 2.58. The number of rotatable bonds is 6. The van der Waals surface area contributed by atoms with Gasteiger partial charge in [-0.3, -0.25) is 4.79 Å². The lowest BCUT2D eigenvalue weighted by Crippen LogP contribution is -2.33. The fourth-order valence-corrected chi connectivity index (χ4v) is 1.81. The first-order valence-corrected chi connectivity index (χ1v) is 6.50. The molecule has 0 fully saturated rings. The highest BCUT2D eigenvalue weighted by molar-refractivity contribution is 6.18. The van der Waals surface area contributed by atoms with E-state index in [0.29, 0.717) is 24.5 Å². The number of benzene rings is 1. The summed E-state index contributed by atoms with van der Waals surface area (Å²) in [5, 5.41) is 18.6. The number of unbranched alkanes of at least 4 members (excludes halogenated alkanes) is 1. The number of phenolic OH excluding ortho intramolecular Hbond substituents is 2. The molecule has 1 rings (SSSR count). The second-order valence-electron chi connectivity index (χ2n) is 4.04. The van der Waals surface area contributed by atoms with Crippen molar-refractivity contribution in [3.63, 3.8) is 0 Å². The number of carbonyl (C=O) groups excluding carboxylic acids is 1. The molecule has 1 aromatic carbocycles. The van der Waals surface area contributed by atoms with Gasteiger partial charge in [0.15, 0.2) is 11.5 Å². The van der Waals surface area contributed by atoms with Crippen molar-refractivity contribution >= 4 is 17.5 Å². The Morgan fingerprint density at radius 1 is 1.28 bits per heavy atom. The zero-order valence-electron chi connectivity index (χ0n) is 10.4. The summed E-state index contributed by atoms with van der Waals surface area (Å²) in [4.78, 5) is 13.8. The van der Waals surface area contributed by atoms with Gasteiger partial charge in [0.2, 0.25) is 0 Å². The number of hydrogen-bond donors (Lipinski definition) is 2. The van der Waals surface area contributed by atoms with E-state index in [1.807, 2.05) is 0 Å². The van der Waals surface area contributed by atoms with Crippen LogP contribution in [0.3, 0.4) is 0 Å². The summed E-state index contributed by atoms with van der Waals surface area (Å²) in [6, 6.07) is 4.07. The molecule has 0 bridgehead atoms. The highest BCUT2D eigenvalue weighted by atomic mass is 35.5. The first kappa shape index (κ1) is 14.6. The lowest BCUT2D eigenvalue weighted by molar-refractivity contribution is 0.0763. The van der Waals surface area contributed by atoms with E-state index >= 15 is 0 Å². The van der Waals surface area contributed by atoms with Gasteiger partial charge in [-0.25, -0.2) is 0 Å². The summed E-state index contributed by atoms with van der Waals surface area (Å²) in [5.41, 5.74) is 0.353. The fraction of sp³-hybridized carbons (Fsp3) is 0.462. The van der Waals surface area contributed by atoms with Gasteiger partial charge in [0.25, 0.3) is 5.91 Å². The summed E-state index contributed by atoms with van der Waals surface area (Å²) >= 11 is 5.68. The number of carbonyl (C=O) groups is 1. The van der Waals surface area contributed by atoms with E-state index in [9.17, 15) is 15.0 Å². The molecule has 0 heterocycles. The first-order valence-electron chi connectivity index (χ1n) is 5.97. The average molecular weight is 272 g/mol. The lowest BCUT2D eigenvalue weighted by Gasteiger charge is -2.21. The van der Waals surface area contributed by atoms with Gasteiger partial charge in [0.05, 0.1) is 0 Å². The van der Waals surface area contributed by atoms with Crippen molar-refractivity contribution in [1.29, 1.82) is 0 Å². The molecular formula is C13H18ClNO3. The Labute approximate surface area is 112 Å². The molecule has 0 saturated heterocycles. The third kappa shape index (κ3) is 3.81. The molecule has 0 spiro atoms. The van der Waals surface area contributed by atoms with Crippen molar-refractivity contribution < 1.29 is 15.0 Å². The summed E-state index contributed by atoms with van der Waals surface area (Å²) in [5.74, 6) is -0.329. The Balaban J connectivity index is 2.83. The predicted molar refractivity (Wildman–Crippen MR) is 71.3 cm³/mol. The van der Waals surface area contributed by atoms with Crippen LogP contribution in [-0.2, 0) is 0 Å². The number of halogens is 1. The van der Waals surface area contributed by atoms with Gasteiger partial charge in [-0.2, -0.15) is 0 Å². The van der Waals surface area contributed by atoms with Crippen LogP contribution in [-0.4, -0.2) is 40.0 Å².